The molecule has 468 valence electrons. The van der Waals surface area contributed by atoms with Gasteiger partial charge in [-0.15, -0.1) is 10.2 Å². The molecule has 10 rings (SSSR count). The van der Waals surface area contributed by atoms with Gasteiger partial charge < -0.3 is 16.2 Å². The number of hydrazone groups is 2. The van der Waals surface area contributed by atoms with Crippen LogP contribution in [0.2, 0.25) is 0 Å². The largest absolute Gasteiger partial charge is 0.355 e. The number of carbonyl (C=O) groups is 4. The fourth-order valence-corrected chi connectivity index (χ4v) is 13.7. The third-order valence-electron chi connectivity index (χ3n) is 13.6. The lowest BCUT2D eigenvalue weighted by Gasteiger charge is -2.19. The molecule has 0 spiro atoms. The highest BCUT2D eigenvalue weighted by Crippen LogP contribution is 2.36. The molecule has 6 aromatic rings. The number of nitrogens with one attached hydrogen (secondary N) is 5. The molecule has 0 heterocycles. The molecule has 37 heteroatoms. The third kappa shape index (κ3) is 13.2. The van der Waals surface area contributed by atoms with Crippen LogP contribution < -0.4 is 27.0 Å². The van der Waals surface area contributed by atoms with Crippen molar-refractivity contribution in [2.45, 2.75) is 33.4 Å². The first-order valence-electron chi connectivity index (χ1n) is 25.2. The molecule has 4 aliphatic carbocycles. The van der Waals surface area contributed by atoms with Crippen LogP contribution in [0.5, 0.6) is 0 Å². The van der Waals surface area contributed by atoms with Crippen molar-refractivity contribution in [3.63, 3.8) is 0 Å². The molecule has 0 unspecified atom stereocenters. The Morgan fingerprint density at radius 2 is 0.879 bits per heavy atom. The van der Waals surface area contributed by atoms with Gasteiger partial charge in [-0.05, 0) is 139 Å². The second-order valence-electron chi connectivity index (χ2n) is 19.8. The van der Waals surface area contributed by atoms with Crippen molar-refractivity contribution in [3.8, 4) is 0 Å². The quantitative estimate of drug-likeness (QED) is 0.0336. The fraction of sp³-hybridized carbons (Fsp3) is 0.0370. The molecular formula is C54H39N9O22S6. The van der Waals surface area contributed by atoms with Gasteiger partial charge in [0, 0.05) is 50.1 Å². The van der Waals surface area contributed by atoms with E-state index >= 15 is 0 Å². The van der Waals surface area contributed by atoms with Gasteiger partial charge in [-0.25, -0.2) is 0 Å². The summed E-state index contributed by atoms with van der Waals surface area (Å²) in [5.74, 6) is -3.99. The maximum atomic E-state index is 14.0. The average molecular weight is 1360 g/mol. The highest BCUT2D eigenvalue weighted by Gasteiger charge is 2.36. The molecule has 0 aromatic heterocycles. The molecule has 0 amide bonds. The Hall–Kier alpha value is -9.90. The monoisotopic (exact) mass is 1360 g/mol. The Bertz CT molecular complexity index is 5470. The first-order valence-corrected chi connectivity index (χ1v) is 33.8. The van der Waals surface area contributed by atoms with Crippen molar-refractivity contribution in [3.05, 3.63) is 176 Å². The molecule has 0 atom stereocenters. The fourth-order valence-electron chi connectivity index (χ4n) is 9.54. The Kier molecular flexibility index (Phi) is 16.3. The normalized spacial score (nSPS) is 17.7. The molecule has 0 fully saturated rings. The number of anilines is 4. The van der Waals surface area contributed by atoms with Crippen molar-refractivity contribution in [1.82, 2.24) is 10.9 Å². The lowest BCUT2D eigenvalue weighted by Crippen LogP contribution is -2.31. The zero-order valence-electron chi connectivity index (χ0n) is 45.7. The minimum Gasteiger partial charge on any atom is -0.355 e. The first-order chi connectivity index (χ1) is 42.3. The molecule has 0 saturated carbocycles. The van der Waals surface area contributed by atoms with E-state index in [1.807, 2.05) is 0 Å². The number of hydrazine groups is 1. The minimum absolute atomic E-state index is 0.0207. The van der Waals surface area contributed by atoms with Gasteiger partial charge in [0.2, 0.25) is 23.1 Å². The summed E-state index contributed by atoms with van der Waals surface area (Å²) in [5, 5.41) is 17.2. The van der Waals surface area contributed by atoms with Gasteiger partial charge in [0.05, 0.1) is 17.1 Å². The summed E-state index contributed by atoms with van der Waals surface area (Å²) in [5.41, 5.74) is 6.74. The van der Waals surface area contributed by atoms with Crippen LogP contribution in [0.3, 0.4) is 0 Å². The molecule has 91 heavy (non-hydrogen) atoms. The summed E-state index contributed by atoms with van der Waals surface area (Å²) in [6.07, 6.45) is 6.36. The van der Waals surface area contributed by atoms with Crippen molar-refractivity contribution >= 4 is 163 Å². The van der Waals surface area contributed by atoms with E-state index in [-0.39, 0.29) is 77.8 Å². The number of ketones is 4. The first kappa shape index (κ1) is 64.1. The molecule has 11 N–H and O–H groups in total. The van der Waals surface area contributed by atoms with E-state index in [0.29, 0.717) is 5.57 Å². The van der Waals surface area contributed by atoms with Crippen LogP contribution in [0.4, 0.5) is 22.7 Å². The zero-order valence-corrected chi connectivity index (χ0v) is 50.6. The number of carbonyl (C=O) groups excluding carboxylic acids is 4. The predicted octanol–water partition coefficient (Wildman–Crippen LogP) is 5.23. The number of benzene rings is 6. The topological polar surface area (TPSA) is 504 Å². The Morgan fingerprint density at radius 3 is 1.40 bits per heavy atom. The molecule has 0 aliphatic heterocycles. The molecular weight excluding hydrogens is 1320 g/mol. The molecule has 6 aromatic carbocycles. The van der Waals surface area contributed by atoms with Gasteiger partial charge in [0.25, 0.3) is 60.7 Å². The van der Waals surface area contributed by atoms with E-state index in [1.165, 1.54) is 68.5 Å². The van der Waals surface area contributed by atoms with Crippen LogP contribution >= 0.6 is 0 Å². The van der Waals surface area contributed by atoms with Crippen molar-refractivity contribution in [1.29, 1.82) is 0 Å². The number of hydrogen-bond acceptors (Lipinski definition) is 25. The number of hydrogen-bond donors (Lipinski definition) is 11. The lowest BCUT2D eigenvalue weighted by atomic mass is 9.93. The average Bonchev–Trinajstić information content (AvgIpc) is 0.789. The molecule has 31 nitrogen and oxygen atoms in total. The van der Waals surface area contributed by atoms with Gasteiger partial charge in [-0.1, -0.05) is 24.3 Å². The molecule has 4 aliphatic rings. The summed E-state index contributed by atoms with van der Waals surface area (Å²) in [6.45, 7) is 2.94. The Labute approximate surface area is 513 Å². The summed E-state index contributed by atoms with van der Waals surface area (Å²) in [4.78, 5) is 49.9. The maximum absolute atomic E-state index is 14.0. The third-order valence-corrected chi connectivity index (χ3v) is 18.9. The Morgan fingerprint density at radius 1 is 0.385 bits per heavy atom. The maximum Gasteiger partial charge on any atom is 0.296 e. The van der Waals surface area contributed by atoms with Gasteiger partial charge in [0.1, 0.15) is 46.5 Å². The number of Topliss-reactive ketones (excluding diaryl/α,β-unsaturated/α-hetero) is 3. The SMILES string of the molecule is CC1=CC(=NNc2cc(S(=O)(=O)O)c3cccc(S(=O)(=O)O)c3c2)C(=O)C(NN=C2C(=O)c3ccc(Nc4ccc5c(c4)C=C(S(=O)(=O)O)C(=NN=C4C=C(C)C(NNc6cc(S(=O)(=O)O)c7cccc(S(=O)(=O)O)c7c6)=CC4=O)C5=O)cc3C=C2S(=O)(=O)O)=C1. The standard InChI is InChI=1S/C54H39N9O22S6/c1-25-13-41(60-57-32-21-38-36(47(23-32)89(77,78)79)6-4-8-45(38)87(71,72)73)54(67)42(14-25)61-63-51-49(91(83,84)85)19-28-17-30(10-12-34(28)53(51)66)55-29-9-11-33-27(16-29)18-48(90(80,81)82)50(52(33)65)62-59-40-15-26(2)39(24-43(40)64)58-56-31-20-37-35(46(22-31)88(74,75)76)5-3-7-44(37)86(68,69)70/h3-24,55-58,61H,1-2H3,(H,68,69,70)(H,71,72,73)(H,74,75,76)(H,77,78,79)(H,80,81,82)(H,83,84,85). The molecule has 0 saturated heterocycles. The number of rotatable bonds is 16. The molecule has 0 radical (unpaired) electrons. The van der Waals surface area contributed by atoms with Crippen LogP contribution in [0.1, 0.15) is 45.7 Å². The van der Waals surface area contributed by atoms with Crippen LogP contribution in [-0.2, 0) is 70.3 Å². The minimum atomic E-state index is -5.28. The van der Waals surface area contributed by atoms with Crippen molar-refractivity contribution in [2.75, 3.05) is 16.2 Å². The molecule has 0 bridgehead atoms. The summed E-state index contributed by atoms with van der Waals surface area (Å²) in [6, 6.07) is 18.3. The van der Waals surface area contributed by atoms with Crippen LogP contribution in [0, 0.1) is 0 Å². The summed E-state index contributed by atoms with van der Waals surface area (Å²) >= 11 is 0. The van der Waals surface area contributed by atoms with Crippen LogP contribution in [0.25, 0.3) is 33.7 Å². The van der Waals surface area contributed by atoms with Gasteiger partial charge in [-0.2, -0.15) is 60.7 Å². The highest BCUT2D eigenvalue weighted by atomic mass is 32.2. The number of allylic oxidation sites excluding steroid dienone is 9. The van der Waals surface area contributed by atoms with Crippen molar-refractivity contribution in [2.24, 2.45) is 20.4 Å². The summed E-state index contributed by atoms with van der Waals surface area (Å²) in [7, 11) is -30.4. The number of fused-ring (bicyclic) bond motifs is 4. The van der Waals surface area contributed by atoms with E-state index < -0.39 is 142 Å². The van der Waals surface area contributed by atoms with Gasteiger partial charge >= 0.3 is 0 Å². The van der Waals surface area contributed by atoms with Crippen LogP contribution in [0.15, 0.2) is 194 Å². The van der Waals surface area contributed by atoms with Crippen LogP contribution in [-0.4, -0.2) is 124 Å². The van der Waals surface area contributed by atoms with E-state index in [1.54, 1.807) is 0 Å². The van der Waals surface area contributed by atoms with E-state index in [9.17, 15) is 97.0 Å². The van der Waals surface area contributed by atoms with Crippen molar-refractivity contribution < 1.29 is 97.0 Å². The highest BCUT2D eigenvalue weighted by molar-refractivity contribution is 7.91. The van der Waals surface area contributed by atoms with E-state index in [4.69, 9.17) is 0 Å². The van der Waals surface area contributed by atoms with Gasteiger partial charge in [-0.3, -0.25) is 57.3 Å². The lowest BCUT2D eigenvalue weighted by molar-refractivity contribution is -0.110. The smallest absolute Gasteiger partial charge is 0.296 e. The van der Waals surface area contributed by atoms with E-state index in [2.05, 4.69) is 47.4 Å². The summed E-state index contributed by atoms with van der Waals surface area (Å²) < 4.78 is 209. The zero-order chi connectivity index (χ0) is 66.2. The predicted molar refractivity (Wildman–Crippen MR) is 328 cm³/mol. The Balaban J connectivity index is 0.858. The number of nitrogens with zero attached hydrogens (tertiary/aromatic N) is 4. The second-order valence-corrected chi connectivity index (χ2v) is 28.1. The van der Waals surface area contributed by atoms with Gasteiger partial charge in [0.15, 0.2) is 11.4 Å². The second kappa shape index (κ2) is 23.2. The van der Waals surface area contributed by atoms with E-state index in [0.717, 1.165) is 78.9 Å².